The van der Waals surface area contributed by atoms with E-state index in [9.17, 15) is 13.2 Å². The first kappa shape index (κ1) is 15.7. The zero-order valence-corrected chi connectivity index (χ0v) is 13.9. The van der Waals surface area contributed by atoms with Gasteiger partial charge in [-0.25, -0.2) is 8.42 Å². The molecule has 0 N–H and O–H groups in total. The molecule has 21 heavy (non-hydrogen) atoms. The smallest absolute Gasteiger partial charge is 0.175 e. The standard InChI is InChI=1S/C15H13BrO4S/c1-20-15-13(6-10(9-17)7-14(15)16)11-4-3-5-12(8-11)21(2,18)19/h3-9H,1-2H3. The van der Waals surface area contributed by atoms with Crippen LogP contribution in [0.4, 0.5) is 0 Å². The third-order valence-corrected chi connectivity index (χ3v) is 4.68. The van der Waals surface area contributed by atoms with E-state index in [0.29, 0.717) is 26.9 Å². The lowest BCUT2D eigenvalue weighted by Crippen LogP contribution is -1.98. The molecule has 110 valence electrons. The summed E-state index contributed by atoms with van der Waals surface area (Å²) in [6, 6.07) is 9.84. The number of ether oxygens (including phenoxy) is 1. The minimum absolute atomic E-state index is 0.217. The number of hydrogen-bond acceptors (Lipinski definition) is 4. The summed E-state index contributed by atoms with van der Waals surface area (Å²) in [4.78, 5) is 11.2. The molecule has 0 aliphatic rings. The molecule has 0 saturated heterocycles. The first-order chi connectivity index (χ1) is 9.86. The number of rotatable bonds is 4. The van der Waals surface area contributed by atoms with Crippen LogP contribution in [0.3, 0.4) is 0 Å². The van der Waals surface area contributed by atoms with Gasteiger partial charge in [-0.15, -0.1) is 0 Å². The maximum absolute atomic E-state index is 11.7. The van der Waals surface area contributed by atoms with Crippen LogP contribution in [0.5, 0.6) is 5.75 Å². The van der Waals surface area contributed by atoms with Crippen molar-refractivity contribution < 1.29 is 17.9 Å². The van der Waals surface area contributed by atoms with E-state index in [4.69, 9.17) is 4.74 Å². The maximum Gasteiger partial charge on any atom is 0.175 e. The highest BCUT2D eigenvalue weighted by Gasteiger charge is 2.14. The van der Waals surface area contributed by atoms with E-state index in [1.54, 1.807) is 30.3 Å². The maximum atomic E-state index is 11.7. The quantitative estimate of drug-likeness (QED) is 0.776. The second kappa shape index (κ2) is 5.99. The minimum atomic E-state index is -3.30. The second-order valence-electron chi connectivity index (χ2n) is 4.50. The Labute approximate surface area is 131 Å². The predicted molar refractivity (Wildman–Crippen MR) is 84.6 cm³/mol. The molecule has 4 nitrogen and oxygen atoms in total. The fraction of sp³-hybridized carbons (Fsp3) is 0.133. The molecule has 0 atom stereocenters. The van der Waals surface area contributed by atoms with Crippen LogP contribution < -0.4 is 4.74 Å². The Bertz CT molecular complexity index is 797. The minimum Gasteiger partial charge on any atom is -0.495 e. The molecular formula is C15H13BrO4S. The van der Waals surface area contributed by atoms with Crippen molar-refractivity contribution >= 4 is 32.1 Å². The molecule has 0 fully saturated rings. The number of methoxy groups -OCH3 is 1. The largest absolute Gasteiger partial charge is 0.495 e. The topological polar surface area (TPSA) is 60.4 Å². The van der Waals surface area contributed by atoms with Gasteiger partial charge in [-0.2, -0.15) is 0 Å². The third-order valence-electron chi connectivity index (χ3n) is 2.98. The van der Waals surface area contributed by atoms with Crippen molar-refractivity contribution in [1.29, 1.82) is 0 Å². The second-order valence-corrected chi connectivity index (χ2v) is 7.37. The summed E-state index contributed by atoms with van der Waals surface area (Å²) in [7, 11) is -1.78. The lowest BCUT2D eigenvalue weighted by Gasteiger charge is -2.12. The number of halogens is 1. The van der Waals surface area contributed by atoms with E-state index >= 15 is 0 Å². The van der Waals surface area contributed by atoms with Gasteiger partial charge in [0.05, 0.1) is 16.5 Å². The summed E-state index contributed by atoms with van der Waals surface area (Å²) in [6.45, 7) is 0. The molecule has 0 spiro atoms. The van der Waals surface area contributed by atoms with E-state index in [-0.39, 0.29) is 4.90 Å². The van der Waals surface area contributed by atoms with Gasteiger partial charge < -0.3 is 4.74 Å². The number of sulfone groups is 1. The van der Waals surface area contributed by atoms with E-state index < -0.39 is 9.84 Å². The number of aldehydes is 1. The Morgan fingerprint density at radius 3 is 2.48 bits per heavy atom. The zero-order chi connectivity index (χ0) is 15.6. The number of benzene rings is 2. The van der Waals surface area contributed by atoms with Crippen LogP contribution in [-0.2, 0) is 9.84 Å². The fourth-order valence-electron chi connectivity index (χ4n) is 2.00. The average molecular weight is 369 g/mol. The van der Waals surface area contributed by atoms with Gasteiger partial charge in [0.1, 0.15) is 12.0 Å². The first-order valence-corrected chi connectivity index (χ1v) is 8.68. The Morgan fingerprint density at radius 1 is 1.19 bits per heavy atom. The highest BCUT2D eigenvalue weighted by atomic mass is 79.9. The Hall–Kier alpha value is -1.66. The van der Waals surface area contributed by atoms with Crippen molar-refractivity contribution in [2.24, 2.45) is 0 Å². The highest BCUT2D eigenvalue weighted by molar-refractivity contribution is 9.10. The molecule has 2 aromatic rings. The molecule has 0 radical (unpaired) electrons. The molecule has 0 amide bonds. The van der Waals surface area contributed by atoms with Gasteiger partial charge in [-0.1, -0.05) is 12.1 Å². The predicted octanol–water partition coefficient (Wildman–Crippen LogP) is 3.34. The fourth-order valence-corrected chi connectivity index (χ4v) is 3.31. The molecular weight excluding hydrogens is 356 g/mol. The van der Waals surface area contributed by atoms with E-state index in [0.717, 1.165) is 12.5 Å². The van der Waals surface area contributed by atoms with Gasteiger partial charge in [0, 0.05) is 17.4 Å². The lowest BCUT2D eigenvalue weighted by atomic mass is 10.0. The molecule has 0 saturated carbocycles. The molecule has 0 aromatic heterocycles. The first-order valence-electron chi connectivity index (χ1n) is 6.00. The third kappa shape index (κ3) is 3.33. The SMILES string of the molecule is COc1c(Br)cc(C=O)cc1-c1cccc(S(C)(=O)=O)c1. The van der Waals surface area contributed by atoms with E-state index in [1.165, 1.54) is 13.2 Å². The summed E-state index contributed by atoms with van der Waals surface area (Å²) in [5.74, 6) is 0.547. The van der Waals surface area contributed by atoms with Gasteiger partial charge in [0.25, 0.3) is 0 Å². The monoisotopic (exact) mass is 368 g/mol. The Kier molecular flexibility index (Phi) is 4.49. The van der Waals surface area contributed by atoms with Crippen molar-refractivity contribution in [1.82, 2.24) is 0 Å². The molecule has 2 aromatic carbocycles. The Balaban J connectivity index is 2.72. The van der Waals surface area contributed by atoms with Crippen LogP contribution in [0.15, 0.2) is 45.8 Å². The zero-order valence-electron chi connectivity index (χ0n) is 11.5. The molecule has 6 heteroatoms. The van der Waals surface area contributed by atoms with Crippen LogP contribution in [-0.4, -0.2) is 28.1 Å². The van der Waals surface area contributed by atoms with Crippen molar-refractivity contribution in [2.75, 3.05) is 13.4 Å². The summed E-state index contributed by atoms with van der Waals surface area (Å²) in [5.41, 5.74) is 1.79. The van der Waals surface area contributed by atoms with E-state index in [1.807, 2.05) is 0 Å². The summed E-state index contributed by atoms with van der Waals surface area (Å²) in [5, 5.41) is 0. The van der Waals surface area contributed by atoms with Gasteiger partial charge in [-0.3, -0.25) is 4.79 Å². The Morgan fingerprint density at radius 2 is 1.90 bits per heavy atom. The molecule has 2 rings (SSSR count). The van der Waals surface area contributed by atoms with Gasteiger partial charge in [0.15, 0.2) is 9.84 Å². The highest BCUT2D eigenvalue weighted by Crippen LogP contribution is 2.37. The summed E-state index contributed by atoms with van der Waals surface area (Å²) >= 11 is 3.35. The molecule has 0 unspecified atom stereocenters. The normalized spacial score (nSPS) is 11.2. The number of hydrogen-bond donors (Lipinski definition) is 0. The van der Waals surface area contributed by atoms with Crippen LogP contribution in [0.1, 0.15) is 10.4 Å². The van der Waals surface area contributed by atoms with Crippen molar-refractivity contribution in [3.05, 3.63) is 46.4 Å². The number of carbonyl (C=O) groups is 1. The molecule has 0 bridgehead atoms. The van der Waals surface area contributed by atoms with Gasteiger partial charge in [-0.05, 0) is 45.8 Å². The van der Waals surface area contributed by atoms with Crippen molar-refractivity contribution in [3.63, 3.8) is 0 Å². The summed E-state index contributed by atoms with van der Waals surface area (Å²) < 4.78 is 29.3. The van der Waals surface area contributed by atoms with Crippen molar-refractivity contribution in [3.8, 4) is 16.9 Å². The summed E-state index contributed by atoms with van der Waals surface area (Å²) in [6.07, 6.45) is 1.88. The van der Waals surface area contributed by atoms with Crippen molar-refractivity contribution in [2.45, 2.75) is 4.90 Å². The van der Waals surface area contributed by atoms with Gasteiger partial charge in [0.2, 0.25) is 0 Å². The van der Waals surface area contributed by atoms with Crippen LogP contribution in [0, 0.1) is 0 Å². The van der Waals surface area contributed by atoms with Crippen LogP contribution >= 0.6 is 15.9 Å². The van der Waals surface area contributed by atoms with Gasteiger partial charge >= 0.3 is 0 Å². The average Bonchev–Trinajstić information content (AvgIpc) is 2.45. The van der Waals surface area contributed by atoms with Crippen LogP contribution in [0.25, 0.3) is 11.1 Å². The molecule has 0 aliphatic carbocycles. The van der Waals surface area contributed by atoms with E-state index in [2.05, 4.69) is 15.9 Å². The lowest BCUT2D eigenvalue weighted by molar-refractivity contribution is 0.112. The number of carbonyl (C=O) groups excluding carboxylic acids is 1. The molecule has 0 aliphatic heterocycles. The molecule has 0 heterocycles. The van der Waals surface area contributed by atoms with Crippen LogP contribution in [0.2, 0.25) is 0 Å².